The van der Waals surface area contributed by atoms with Crippen molar-refractivity contribution in [2.75, 3.05) is 6.54 Å². The molecule has 1 aliphatic heterocycles. The third kappa shape index (κ3) is 3.59. The summed E-state index contributed by atoms with van der Waals surface area (Å²) in [5.74, 6) is -0.520. The van der Waals surface area contributed by atoms with Crippen LogP contribution in [-0.2, 0) is 12.0 Å². The highest BCUT2D eigenvalue weighted by atomic mass is 32.1. The lowest BCUT2D eigenvalue weighted by molar-refractivity contribution is 0.0711. The molecule has 0 bridgehead atoms. The number of carbonyl (C=O) groups is 2. The van der Waals surface area contributed by atoms with E-state index in [-0.39, 0.29) is 17.5 Å². The highest BCUT2D eigenvalue weighted by molar-refractivity contribution is 7.14. The van der Waals surface area contributed by atoms with Gasteiger partial charge in [0.15, 0.2) is 0 Å². The van der Waals surface area contributed by atoms with E-state index in [1.54, 1.807) is 16.4 Å². The van der Waals surface area contributed by atoms with E-state index in [1.807, 2.05) is 37.3 Å². The Labute approximate surface area is 156 Å². The smallest absolute Gasteiger partial charge is 0.318 e. The van der Waals surface area contributed by atoms with Crippen molar-refractivity contribution < 1.29 is 14.8 Å². The minimum absolute atomic E-state index is 0.0913. The Kier molecular flexibility index (Phi) is 5.02. The van der Waals surface area contributed by atoms with Gasteiger partial charge in [0.2, 0.25) is 0 Å². The lowest BCUT2D eigenvalue weighted by Crippen LogP contribution is -2.48. The average Bonchev–Trinajstić information content (AvgIpc) is 3.06. The van der Waals surface area contributed by atoms with Gasteiger partial charge >= 0.3 is 6.03 Å². The predicted molar refractivity (Wildman–Crippen MR) is 100 cm³/mol. The summed E-state index contributed by atoms with van der Waals surface area (Å²) in [6.45, 7) is 7.09. The Balaban J connectivity index is 1.77. The summed E-state index contributed by atoms with van der Waals surface area (Å²) < 4.78 is 0. The molecule has 0 saturated heterocycles. The Hall–Kier alpha value is -2.38. The van der Waals surface area contributed by atoms with Crippen LogP contribution in [0, 0.1) is 0 Å². The Morgan fingerprint density at radius 3 is 2.62 bits per heavy atom. The van der Waals surface area contributed by atoms with E-state index in [0.717, 1.165) is 16.0 Å². The first kappa shape index (κ1) is 18.4. The maximum atomic E-state index is 12.8. The molecule has 0 unspecified atom stereocenters. The molecule has 2 heterocycles. The first-order valence-electron chi connectivity index (χ1n) is 8.50. The number of benzene rings is 1. The standard InChI is InChI=1S/C19H23N3O3S/c1-12(13-7-5-4-6-8-13)20-18(24)22-10-14-9-15(17(23)21-25)26-16(14)19(2,3)11-22/h4-9,12,25H,10-11H2,1-3H3,(H,20,24)(H,21,23)/t12-/m0/s1. The summed E-state index contributed by atoms with van der Waals surface area (Å²) in [5.41, 5.74) is 3.41. The second kappa shape index (κ2) is 7.09. The Morgan fingerprint density at radius 1 is 1.27 bits per heavy atom. The number of fused-ring (bicyclic) bond motifs is 1. The van der Waals surface area contributed by atoms with Crippen LogP contribution in [0.3, 0.4) is 0 Å². The van der Waals surface area contributed by atoms with Gasteiger partial charge in [0.25, 0.3) is 5.91 Å². The first-order chi connectivity index (χ1) is 12.3. The van der Waals surface area contributed by atoms with Crippen molar-refractivity contribution in [3.63, 3.8) is 0 Å². The van der Waals surface area contributed by atoms with Crippen LogP contribution in [0.15, 0.2) is 36.4 Å². The van der Waals surface area contributed by atoms with Gasteiger partial charge in [-0.25, -0.2) is 10.3 Å². The summed E-state index contributed by atoms with van der Waals surface area (Å²) in [7, 11) is 0. The summed E-state index contributed by atoms with van der Waals surface area (Å²) >= 11 is 1.37. The normalized spacial score (nSPS) is 16.5. The number of hydrogen-bond acceptors (Lipinski definition) is 4. The van der Waals surface area contributed by atoms with Crippen LogP contribution >= 0.6 is 11.3 Å². The molecule has 1 atom stereocenters. The maximum Gasteiger partial charge on any atom is 0.318 e. The molecule has 1 aromatic carbocycles. The molecule has 2 aromatic rings. The molecule has 0 spiro atoms. The zero-order valence-corrected chi connectivity index (χ0v) is 15.9. The van der Waals surface area contributed by atoms with E-state index in [2.05, 4.69) is 19.2 Å². The molecule has 0 saturated carbocycles. The molecular formula is C19H23N3O3S. The molecule has 1 aliphatic rings. The van der Waals surface area contributed by atoms with Gasteiger partial charge < -0.3 is 10.2 Å². The quantitative estimate of drug-likeness (QED) is 0.569. The number of amides is 3. The van der Waals surface area contributed by atoms with Gasteiger partial charge in [0.05, 0.1) is 10.9 Å². The lowest BCUT2D eigenvalue weighted by Gasteiger charge is -2.38. The zero-order valence-electron chi connectivity index (χ0n) is 15.1. The summed E-state index contributed by atoms with van der Waals surface area (Å²) in [6.07, 6.45) is 0. The highest BCUT2D eigenvalue weighted by Gasteiger charge is 2.36. The van der Waals surface area contributed by atoms with Gasteiger partial charge in [-0.2, -0.15) is 0 Å². The number of nitrogens with one attached hydrogen (secondary N) is 2. The number of urea groups is 1. The van der Waals surface area contributed by atoms with Crippen LogP contribution in [0.4, 0.5) is 4.79 Å². The van der Waals surface area contributed by atoms with Crippen LogP contribution in [-0.4, -0.2) is 28.6 Å². The third-order valence-corrected chi connectivity index (χ3v) is 6.17. The van der Waals surface area contributed by atoms with Crippen LogP contribution in [0.1, 0.15) is 52.5 Å². The average molecular weight is 373 g/mol. The predicted octanol–water partition coefficient (Wildman–Crippen LogP) is 3.43. The topological polar surface area (TPSA) is 81.7 Å². The van der Waals surface area contributed by atoms with Crippen molar-refractivity contribution in [1.82, 2.24) is 15.7 Å². The van der Waals surface area contributed by atoms with Crippen molar-refractivity contribution in [2.24, 2.45) is 0 Å². The van der Waals surface area contributed by atoms with Gasteiger partial charge in [-0.05, 0) is 24.1 Å². The van der Waals surface area contributed by atoms with E-state index in [9.17, 15) is 9.59 Å². The summed E-state index contributed by atoms with van der Waals surface area (Å²) in [5, 5.41) is 11.9. The molecule has 138 valence electrons. The molecule has 0 radical (unpaired) electrons. The maximum absolute atomic E-state index is 12.8. The number of hydroxylamine groups is 1. The largest absolute Gasteiger partial charge is 0.331 e. The third-order valence-electron chi connectivity index (χ3n) is 4.62. The molecule has 6 nitrogen and oxygen atoms in total. The molecule has 3 N–H and O–H groups in total. The van der Waals surface area contributed by atoms with Crippen molar-refractivity contribution in [3.8, 4) is 0 Å². The van der Waals surface area contributed by atoms with E-state index < -0.39 is 5.91 Å². The van der Waals surface area contributed by atoms with Gasteiger partial charge in [-0.15, -0.1) is 11.3 Å². The molecule has 3 amide bonds. The zero-order chi connectivity index (χ0) is 18.9. The fourth-order valence-electron chi connectivity index (χ4n) is 3.34. The molecular weight excluding hydrogens is 350 g/mol. The molecule has 7 heteroatoms. The van der Waals surface area contributed by atoms with Crippen LogP contribution < -0.4 is 10.8 Å². The highest BCUT2D eigenvalue weighted by Crippen LogP contribution is 2.39. The number of hydrogen-bond donors (Lipinski definition) is 3. The van der Waals surface area contributed by atoms with E-state index in [4.69, 9.17) is 5.21 Å². The van der Waals surface area contributed by atoms with Crippen molar-refractivity contribution >= 4 is 23.3 Å². The monoisotopic (exact) mass is 373 g/mol. The fourth-order valence-corrected chi connectivity index (χ4v) is 4.50. The lowest BCUT2D eigenvalue weighted by atomic mass is 9.85. The van der Waals surface area contributed by atoms with Crippen LogP contribution in [0.25, 0.3) is 0 Å². The minimum Gasteiger partial charge on any atom is -0.331 e. The Bertz CT molecular complexity index is 817. The molecule has 0 aliphatic carbocycles. The second-order valence-corrected chi connectivity index (χ2v) is 8.28. The summed E-state index contributed by atoms with van der Waals surface area (Å²) in [4.78, 5) is 27.8. The van der Waals surface area contributed by atoms with E-state index in [0.29, 0.717) is 18.0 Å². The number of thiophene rings is 1. The van der Waals surface area contributed by atoms with Gasteiger partial charge in [0, 0.05) is 23.4 Å². The van der Waals surface area contributed by atoms with Crippen molar-refractivity contribution in [2.45, 2.75) is 38.8 Å². The summed E-state index contributed by atoms with van der Waals surface area (Å²) in [6, 6.07) is 11.4. The van der Waals surface area contributed by atoms with E-state index in [1.165, 1.54) is 11.3 Å². The van der Waals surface area contributed by atoms with Gasteiger partial charge in [0.1, 0.15) is 0 Å². The molecule has 1 aromatic heterocycles. The van der Waals surface area contributed by atoms with E-state index >= 15 is 0 Å². The van der Waals surface area contributed by atoms with Gasteiger partial charge in [-0.1, -0.05) is 44.2 Å². The minimum atomic E-state index is -0.520. The molecule has 3 rings (SSSR count). The van der Waals surface area contributed by atoms with Crippen molar-refractivity contribution in [3.05, 3.63) is 57.3 Å². The Morgan fingerprint density at radius 2 is 1.96 bits per heavy atom. The number of carbonyl (C=O) groups excluding carboxylic acids is 2. The second-order valence-electron chi connectivity index (χ2n) is 7.23. The number of rotatable bonds is 3. The van der Waals surface area contributed by atoms with Crippen LogP contribution in [0.5, 0.6) is 0 Å². The van der Waals surface area contributed by atoms with Crippen LogP contribution in [0.2, 0.25) is 0 Å². The first-order valence-corrected chi connectivity index (χ1v) is 9.31. The molecule has 0 fully saturated rings. The fraction of sp³-hybridized carbons (Fsp3) is 0.368. The van der Waals surface area contributed by atoms with Gasteiger partial charge in [-0.3, -0.25) is 10.0 Å². The SMILES string of the molecule is C[C@H](NC(=O)N1Cc2cc(C(=O)NO)sc2C(C)(C)C1)c1ccccc1. The van der Waals surface area contributed by atoms with Crippen molar-refractivity contribution in [1.29, 1.82) is 0 Å². The number of nitrogens with zero attached hydrogens (tertiary/aromatic N) is 1. The molecule has 26 heavy (non-hydrogen) atoms.